The van der Waals surface area contributed by atoms with Gasteiger partial charge in [0.05, 0.1) is 145 Å². The summed E-state index contributed by atoms with van der Waals surface area (Å²) in [7, 11) is 0. The van der Waals surface area contributed by atoms with Gasteiger partial charge in [0.1, 0.15) is 6.61 Å². The van der Waals surface area contributed by atoms with E-state index in [1.54, 1.807) is 0 Å². The number of hydrogen-bond donors (Lipinski definition) is 0. The molecule has 14 nitrogen and oxygen atoms in total. The lowest BCUT2D eigenvalue weighted by atomic mass is 10.5. The van der Waals surface area contributed by atoms with E-state index >= 15 is 0 Å². The first-order chi connectivity index (χ1) is 20.8. The van der Waals surface area contributed by atoms with Crippen molar-refractivity contribution in [3.63, 3.8) is 0 Å². The van der Waals surface area contributed by atoms with E-state index in [9.17, 15) is 9.59 Å². The minimum atomic E-state index is -0.306. The molecule has 0 N–H and O–H groups in total. The van der Waals surface area contributed by atoms with E-state index in [0.29, 0.717) is 132 Å². The first kappa shape index (κ1) is 38.0. The third-order valence-corrected chi connectivity index (χ3v) is 5.17. The van der Waals surface area contributed by atoms with Crippen LogP contribution < -0.4 is 0 Å². The molecule has 14 heteroatoms. The molecule has 0 spiro atoms. The van der Waals surface area contributed by atoms with Gasteiger partial charge in [0.2, 0.25) is 0 Å². The van der Waals surface area contributed by atoms with Gasteiger partial charge in [0.15, 0.2) is 0 Å². The summed E-state index contributed by atoms with van der Waals surface area (Å²) < 4.78 is 59.0. The fraction of sp³-hybridized carbons (Fsp3) is 0.786. The predicted molar refractivity (Wildman–Crippen MR) is 150 cm³/mol. The van der Waals surface area contributed by atoms with Gasteiger partial charge in [0, 0.05) is 12.2 Å². The maximum Gasteiger partial charge on any atom is 0.253 e. The number of amides is 2. The van der Waals surface area contributed by atoms with Gasteiger partial charge in [-0.1, -0.05) is 6.58 Å². The van der Waals surface area contributed by atoms with Crippen LogP contribution in [0.1, 0.15) is 0 Å². The molecule has 1 aliphatic rings. The molecule has 0 radical (unpaired) electrons. The zero-order chi connectivity index (χ0) is 30.2. The van der Waals surface area contributed by atoms with E-state index < -0.39 is 0 Å². The molecule has 1 aliphatic heterocycles. The van der Waals surface area contributed by atoms with Crippen LogP contribution in [0.15, 0.2) is 25.0 Å². The molecule has 1 rings (SSSR count). The lowest BCUT2D eigenvalue weighted by Gasteiger charge is -2.13. The Labute approximate surface area is 249 Å². The Hall–Kier alpha value is -1.98. The summed E-state index contributed by atoms with van der Waals surface area (Å²) in [5.41, 5.74) is 0. The Kier molecular flexibility index (Phi) is 27.6. The molecular weight excluding hydrogens is 558 g/mol. The van der Waals surface area contributed by atoms with Crippen LogP contribution in [0.2, 0.25) is 0 Å². The van der Waals surface area contributed by atoms with Gasteiger partial charge in [-0.15, -0.1) is 0 Å². The van der Waals surface area contributed by atoms with E-state index in [0.717, 1.165) is 4.90 Å². The third kappa shape index (κ3) is 24.6. The largest absolute Gasteiger partial charge is 0.499 e. The first-order valence-electron chi connectivity index (χ1n) is 14.3. The van der Waals surface area contributed by atoms with Crippen molar-refractivity contribution in [3.8, 4) is 0 Å². The highest BCUT2D eigenvalue weighted by atomic mass is 16.6. The van der Waals surface area contributed by atoms with Crippen molar-refractivity contribution in [2.24, 2.45) is 0 Å². The first-order valence-corrected chi connectivity index (χ1v) is 14.3. The number of hydrogen-bond acceptors (Lipinski definition) is 13. The monoisotopic (exact) mass is 607 g/mol. The number of carbonyl (C=O) groups excluding carboxylic acids is 2. The second-order valence-corrected chi connectivity index (χ2v) is 8.32. The average molecular weight is 608 g/mol. The highest BCUT2D eigenvalue weighted by molar-refractivity contribution is 6.12. The van der Waals surface area contributed by atoms with Crippen LogP contribution in [0.4, 0.5) is 0 Å². The summed E-state index contributed by atoms with van der Waals surface area (Å²) in [6.07, 6.45) is 3.90. The summed E-state index contributed by atoms with van der Waals surface area (Å²) in [6.45, 7) is 13.6. The molecule has 0 saturated heterocycles. The van der Waals surface area contributed by atoms with Crippen molar-refractivity contribution in [2.45, 2.75) is 0 Å². The second kappa shape index (κ2) is 30.5. The molecule has 0 unspecified atom stereocenters. The number of rotatable bonds is 34. The van der Waals surface area contributed by atoms with Crippen LogP contribution in [-0.4, -0.2) is 162 Å². The standard InChI is InChI=1S/C28H49NO13/c1-2-32-7-8-34-11-12-36-15-16-38-19-20-40-23-24-42-26-25-41-22-21-39-18-17-37-14-13-35-10-9-33-6-5-29-27(30)3-4-28(29)31/h2-4H,1,5-26H2. The molecule has 0 bridgehead atoms. The topological polar surface area (TPSA) is 139 Å². The van der Waals surface area contributed by atoms with Crippen LogP contribution in [0.3, 0.4) is 0 Å². The van der Waals surface area contributed by atoms with Gasteiger partial charge in [-0.25, -0.2) is 0 Å². The molecule has 0 fully saturated rings. The fourth-order valence-electron chi connectivity index (χ4n) is 3.08. The maximum absolute atomic E-state index is 11.4. The van der Waals surface area contributed by atoms with E-state index in [4.69, 9.17) is 52.1 Å². The SMILES string of the molecule is C=COCCOCCOCCOCCOCCOCCOCCOCCOCCOCCOCCN1C(=O)C=CC1=O. The average Bonchev–Trinajstić information content (AvgIpc) is 3.31. The number of ether oxygens (including phenoxy) is 11. The highest BCUT2D eigenvalue weighted by Gasteiger charge is 2.22. The van der Waals surface area contributed by atoms with Crippen molar-refractivity contribution in [3.05, 3.63) is 25.0 Å². The van der Waals surface area contributed by atoms with Crippen LogP contribution in [-0.2, 0) is 61.7 Å². The van der Waals surface area contributed by atoms with Gasteiger partial charge >= 0.3 is 0 Å². The van der Waals surface area contributed by atoms with Gasteiger partial charge in [-0.05, 0) is 0 Å². The Morgan fingerprint density at radius 1 is 0.429 bits per heavy atom. The summed E-state index contributed by atoms with van der Waals surface area (Å²) in [4.78, 5) is 23.9. The summed E-state index contributed by atoms with van der Waals surface area (Å²) >= 11 is 0. The molecular formula is C28H49NO13. The quantitative estimate of drug-likeness (QED) is 0.0561. The fourth-order valence-corrected chi connectivity index (χ4v) is 3.08. The van der Waals surface area contributed by atoms with Crippen LogP contribution in [0.5, 0.6) is 0 Å². The third-order valence-electron chi connectivity index (χ3n) is 5.17. The molecule has 0 aromatic carbocycles. The molecule has 0 aliphatic carbocycles. The van der Waals surface area contributed by atoms with Crippen LogP contribution in [0, 0.1) is 0 Å². The number of nitrogens with zero attached hydrogens (tertiary/aromatic N) is 1. The molecule has 42 heavy (non-hydrogen) atoms. The Bertz CT molecular complexity index is 662. The Morgan fingerprint density at radius 2 is 0.667 bits per heavy atom. The van der Waals surface area contributed by atoms with Crippen molar-refractivity contribution in [2.75, 3.05) is 145 Å². The molecule has 0 atom stereocenters. The molecule has 244 valence electrons. The van der Waals surface area contributed by atoms with Crippen LogP contribution >= 0.6 is 0 Å². The van der Waals surface area contributed by atoms with Gasteiger partial charge in [0.25, 0.3) is 11.8 Å². The molecule has 0 aromatic rings. The number of imide groups is 1. The van der Waals surface area contributed by atoms with Gasteiger partial charge in [-0.2, -0.15) is 0 Å². The molecule has 1 heterocycles. The lowest BCUT2D eigenvalue weighted by molar-refractivity contribution is -0.137. The molecule has 0 saturated carbocycles. The smallest absolute Gasteiger partial charge is 0.253 e. The van der Waals surface area contributed by atoms with Crippen LogP contribution in [0.25, 0.3) is 0 Å². The van der Waals surface area contributed by atoms with Crippen molar-refractivity contribution >= 4 is 11.8 Å². The summed E-state index contributed by atoms with van der Waals surface area (Å²) in [6, 6.07) is 0. The zero-order valence-corrected chi connectivity index (χ0v) is 24.7. The zero-order valence-electron chi connectivity index (χ0n) is 24.7. The van der Waals surface area contributed by atoms with E-state index in [-0.39, 0.29) is 25.0 Å². The van der Waals surface area contributed by atoms with Crippen molar-refractivity contribution in [1.29, 1.82) is 0 Å². The van der Waals surface area contributed by atoms with Crippen molar-refractivity contribution < 1.29 is 61.7 Å². The second-order valence-electron chi connectivity index (χ2n) is 8.32. The van der Waals surface area contributed by atoms with E-state index in [1.807, 2.05) is 0 Å². The lowest BCUT2D eigenvalue weighted by Crippen LogP contribution is -2.33. The normalized spacial score (nSPS) is 13.0. The molecule has 2 amide bonds. The molecule has 0 aromatic heterocycles. The maximum atomic E-state index is 11.4. The summed E-state index contributed by atoms with van der Waals surface area (Å²) in [5, 5.41) is 0. The minimum Gasteiger partial charge on any atom is -0.499 e. The van der Waals surface area contributed by atoms with Gasteiger partial charge in [-0.3, -0.25) is 14.5 Å². The summed E-state index contributed by atoms with van der Waals surface area (Å²) in [5.74, 6) is -0.613. The van der Waals surface area contributed by atoms with Gasteiger partial charge < -0.3 is 52.1 Å². The number of carbonyl (C=O) groups is 2. The minimum absolute atomic E-state index is 0.240. The Balaban J connectivity index is 1.63. The Morgan fingerprint density at radius 3 is 0.929 bits per heavy atom. The highest BCUT2D eigenvalue weighted by Crippen LogP contribution is 2.02. The van der Waals surface area contributed by atoms with Crippen molar-refractivity contribution in [1.82, 2.24) is 4.90 Å². The van der Waals surface area contributed by atoms with E-state index in [2.05, 4.69) is 6.58 Å². The van der Waals surface area contributed by atoms with E-state index in [1.165, 1.54) is 18.4 Å². The predicted octanol–water partition coefficient (Wildman–Crippen LogP) is 0.238.